The van der Waals surface area contributed by atoms with Crippen LogP contribution in [-0.4, -0.2) is 12.6 Å². The van der Waals surface area contributed by atoms with Crippen LogP contribution in [-0.2, 0) is 0 Å². The van der Waals surface area contributed by atoms with Crippen LogP contribution >= 0.6 is 0 Å². The molecular weight excluding hydrogens is 223 g/mol. The molecule has 0 saturated heterocycles. The third-order valence-corrected chi connectivity index (χ3v) is 1.41. The summed E-state index contributed by atoms with van der Waals surface area (Å²) in [5.41, 5.74) is -0.716. The lowest BCUT2D eigenvalue weighted by molar-refractivity contribution is -0.274. The smallest absolute Gasteiger partial charge is 0.405 e. The molecule has 0 bridgehead atoms. The van der Waals surface area contributed by atoms with Gasteiger partial charge < -0.3 is 4.74 Å². The third kappa shape index (κ3) is 2.90. The molecule has 0 saturated carbocycles. The molecule has 0 aliphatic carbocycles. The number of halogens is 5. The van der Waals surface area contributed by atoms with Crippen molar-refractivity contribution < 1.29 is 31.5 Å². The highest BCUT2D eigenvalue weighted by Crippen LogP contribution is 2.27. The number of rotatable bonds is 2. The van der Waals surface area contributed by atoms with Crippen LogP contribution in [0.1, 0.15) is 10.4 Å². The van der Waals surface area contributed by atoms with Crippen molar-refractivity contribution in [2.75, 3.05) is 0 Å². The fraction of sp³-hybridized carbons (Fsp3) is 0.125. The van der Waals surface area contributed by atoms with E-state index in [2.05, 4.69) is 4.74 Å². The number of ether oxygens (including phenoxy) is 1. The summed E-state index contributed by atoms with van der Waals surface area (Å²) in [5.74, 6) is -4.03. The zero-order valence-corrected chi connectivity index (χ0v) is 6.94. The second kappa shape index (κ2) is 3.84. The van der Waals surface area contributed by atoms with E-state index in [4.69, 9.17) is 0 Å². The zero-order valence-electron chi connectivity index (χ0n) is 6.94. The first-order valence-corrected chi connectivity index (χ1v) is 3.53. The molecule has 0 aromatic heterocycles. The Bertz CT molecular complexity index is 385. The number of aldehydes is 1. The predicted molar refractivity (Wildman–Crippen MR) is 38.4 cm³/mol. The summed E-state index contributed by atoms with van der Waals surface area (Å²) in [6.45, 7) is 0. The van der Waals surface area contributed by atoms with Crippen molar-refractivity contribution in [2.45, 2.75) is 6.36 Å². The summed E-state index contributed by atoms with van der Waals surface area (Å²) >= 11 is 0. The van der Waals surface area contributed by atoms with E-state index in [1.807, 2.05) is 0 Å². The van der Waals surface area contributed by atoms with Crippen LogP contribution in [0.4, 0.5) is 22.0 Å². The quantitative estimate of drug-likeness (QED) is 0.572. The molecule has 0 aliphatic rings. The van der Waals surface area contributed by atoms with E-state index < -0.39 is 29.3 Å². The van der Waals surface area contributed by atoms with Crippen LogP contribution in [0.25, 0.3) is 0 Å². The summed E-state index contributed by atoms with van der Waals surface area (Å²) in [6.07, 6.45) is -5.13. The van der Waals surface area contributed by atoms with Gasteiger partial charge in [-0.15, -0.1) is 13.2 Å². The fourth-order valence-electron chi connectivity index (χ4n) is 0.849. The van der Waals surface area contributed by atoms with Gasteiger partial charge in [0, 0.05) is 6.07 Å². The van der Waals surface area contributed by atoms with Crippen LogP contribution in [0.5, 0.6) is 5.75 Å². The molecule has 7 heteroatoms. The summed E-state index contributed by atoms with van der Waals surface area (Å²) < 4.78 is 63.6. The molecule has 1 rings (SSSR count). The first kappa shape index (κ1) is 11.4. The van der Waals surface area contributed by atoms with Gasteiger partial charge in [0.15, 0.2) is 17.9 Å². The monoisotopic (exact) mass is 226 g/mol. The molecule has 0 amide bonds. The van der Waals surface area contributed by atoms with Crippen LogP contribution in [0.2, 0.25) is 0 Å². The Hall–Kier alpha value is -1.66. The molecular formula is C8H3F5O2. The molecule has 0 unspecified atom stereocenters. The van der Waals surface area contributed by atoms with E-state index in [0.717, 1.165) is 0 Å². The normalized spacial score (nSPS) is 11.3. The van der Waals surface area contributed by atoms with E-state index >= 15 is 0 Å². The predicted octanol–water partition coefficient (Wildman–Crippen LogP) is 2.68. The topological polar surface area (TPSA) is 26.3 Å². The van der Waals surface area contributed by atoms with E-state index in [9.17, 15) is 26.7 Å². The number of hydrogen-bond acceptors (Lipinski definition) is 2. The molecule has 1 aromatic carbocycles. The Labute approximate surface area is 80.3 Å². The van der Waals surface area contributed by atoms with Crippen molar-refractivity contribution in [3.05, 3.63) is 29.3 Å². The van der Waals surface area contributed by atoms with E-state index in [0.29, 0.717) is 6.07 Å². The Morgan fingerprint density at radius 1 is 1.13 bits per heavy atom. The Balaban J connectivity index is 3.16. The molecule has 1 aromatic rings. The van der Waals surface area contributed by atoms with Crippen molar-refractivity contribution in [1.29, 1.82) is 0 Å². The maximum Gasteiger partial charge on any atom is 0.573 e. The van der Waals surface area contributed by atoms with Crippen LogP contribution in [0, 0.1) is 11.6 Å². The summed E-state index contributed by atoms with van der Waals surface area (Å²) in [6, 6.07) is 0.482. The molecule has 15 heavy (non-hydrogen) atoms. The molecule has 0 atom stereocenters. The van der Waals surface area contributed by atoms with Crippen molar-refractivity contribution in [3.8, 4) is 5.75 Å². The van der Waals surface area contributed by atoms with E-state index in [-0.39, 0.29) is 12.4 Å². The largest absolute Gasteiger partial charge is 0.573 e. The van der Waals surface area contributed by atoms with E-state index in [1.165, 1.54) is 0 Å². The Morgan fingerprint density at radius 2 is 1.67 bits per heavy atom. The zero-order chi connectivity index (χ0) is 11.6. The Morgan fingerprint density at radius 3 is 2.13 bits per heavy atom. The Kier molecular flexibility index (Phi) is 2.92. The molecule has 0 N–H and O–H groups in total. The maximum atomic E-state index is 12.5. The molecule has 0 fully saturated rings. The first-order chi connectivity index (χ1) is 6.83. The molecule has 0 radical (unpaired) electrons. The van der Waals surface area contributed by atoms with Gasteiger partial charge in [-0.1, -0.05) is 0 Å². The lowest BCUT2D eigenvalue weighted by atomic mass is 10.2. The lowest BCUT2D eigenvalue weighted by Crippen LogP contribution is -2.18. The molecule has 0 aliphatic heterocycles. The minimum atomic E-state index is -5.07. The molecule has 0 heterocycles. The van der Waals surface area contributed by atoms with E-state index in [1.54, 1.807) is 0 Å². The summed E-state index contributed by atoms with van der Waals surface area (Å²) in [4.78, 5) is 10.2. The standard InChI is InChI=1S/C8H3F5O2/c9-5-1-4(3-14)7(2-6(5)10)15-8(11,12)13/h1-3H. The second-order valence-corrected chi connectivity index (χ2v) is 2.47. The van der Waals surface area contributed by atoms with Crippen molar-refractivity contribution in [2.24, 2.45) is 0 Å². The van der Waals surface area contributed by atoms with Crippen LogP contribution in [0.3, 0.4) is 0 Å². The number of carbonyl (C=O) groups excluding carboxylic acids is 1. The number of hydrogen-bond donors (Lipinski definition) is 0. The number of alkyl halides is 3. The summed E-state index contributed by atoms with van der Waals surface area (Å²) in [5, 5.41) is 0. The number of carbonyl (C=O) groups is 1. The lowest BCUT2D eigenvalue weighted by Gasteiger charge is -2.10. The van der Waals surface area contributed by atoms with Gasteiger partial charge in [0.25, 0.3) is 0 Å². The van der Waals surface area contributed by atoms with Crippen molar-refractivity contribution >= 4 is 6.29 Å². The molecule has 82 valence electrons. The highest BCUT2D eigenvalue weighted by molar-refractivity contribution is 5.79. The maximum absolute atomic E-state index is 12.5. The van der Waals surface area contributed by atoms with Gasteiger partial charge in [-0.25, -0.2) is 8.78 Å². The fourth-order valence-corrected chi connectivity index (χ4v) is 0.849. The average Bonchev–Trinajstić information content (AvgIpc) is 2.08. The van der Waals surface area contributed by atoms with Crippen molar-refractivity contribution in [3.63, 3.8) is 0 Å². The van der Waals surface area contributed by atoms with Gasteiger partial charge in [-0.2, -0.15) is 0 Å². The van der Waals surface area contributed by atoms with Crippen LogP contribution in [0.15, 0.2) is 12.1 Å². The minimum absolute atomic E-state index is 0.0659. The second-order valence-electron chi connectivity index (χ2n) is 2.47. The third-order valence-electron chi connectivity index (χ3n) is 1.41. The van der Waals surface area contributed by atoms with Crippen molar-refractivity contribution in [1.82, 2.24) is 0 Å². The van der Waals surface area contributed by atoms with Crippen LogP contribution < -0.4 is 4.74 Å². The highest BCUT2D eigenvalue weighted by atomic mass is 19.4. The van der Waals surface area contributed by atoms with Gasteiger partial charge in [0.2, 0.25) is 0 Å². The molecule has 2 nitrogen and oxygen atoms in total. The van der Waals surface area contributed by atoms with Gasteiger partial charge >= 0.3 is 6.36 Å². The average molecular weight is 226 g/mol. The SMILES string of the molecule is O=Cc1cc(F)c(F)cc1OC(F)(F)F. The summed E-state index contributed by atoms with van der Waals surface area (Å²) in [7, 11) is 0. The van der Waals surface area contributed by atoms with Gasteiger partial charge in [-0.05, 0) is 6.07 Å². The highest BCUT2D eigenvalue weighted by Gasteiger charge is 2.32. The van der Waals surface area contributed by atoms with Gasteiger partial charge in [0.1, 0.15) is 5.75 Å². The minimum Gasteiger partial charge on any atom is -0.405 e. The first-order valence-electron chi connectivity index (χ1n) is 3.53. The molecule has 0 spiro atoms. The van der Waals surface area contributed by atoms with Gasteiger partial charge in [-0.3, -0.25) is 4.79 Å². The van der Waals surface area contributed by atoms with Gasteiger partial charge in [0.05, 0.1) is 5.56 Å². The number of benzene rings is 1.